The summed E-state index contributed by atoms with van der Waals surface area (Å²) in [5.74, 6) is 0.277. The van der Waals surface area contributed by atoms with Gasteiger partial charge in [0, 0.05) is 19.7 Å². The van der Waals surface area contributed by atoms with E-state index in [2.05, 4.69) is 12.2 Å². The van der Waals surface area contributed by atoms with E-state index in [1.807, 2.05) is 13.0 Å². The summed E-state index contributed by atoms with van der Waals surface area (Å²) in [4.78, 5) is 10.7. The number of rotatable bonds is 9. The fraction of sp³-hybridized carbons (Fsp3) is 0.571. The summed E-state index contributed by atoms with van der Waals surface area (Å²) in [5, 5.41) is 14.3. The molecule has 0 saturated carbocycles. The molecule has 0 heterocycles. The molecule has 0 aliphatic heterocycles. The Morgan fingerprint density at radius 1 is 1.45 bits per heavy atom. The van der Waals surface area contributed by atoms with Crippen LogP contribution in [0.4, 0.5) is 5.69 Å². The molecule has 0 fully saturated rings. The maximum Gasteiger partial charge on any atom is 0.311 e. The van der Waals surface area contributed by atoms with Gasteiger partial charge in [0.2, 0.25) is 0 Å². The Bertz CT molecular complexity index is 437. The number of nitro groups is 1. The van der Waals surface area contributed by atoms with Gasteiger partial charge in [0.25, 0.3) is 0 Å². The molecule has 20 heavy (non-hydrogen) atoms. The quantitative estimate of drug-likeness (QED) is 0.428. The van der Waals surface area contributed by atoms with Gasteiger partial charge in [0.15, 0.2) is 5.75 Å². The van der Waals surface area contributed by atoms with Gasteiger partial charge in [-0.3, -0.25) is 10.1 Å². The van der Waals surface area contributed by atoms with Crippen molar-refractivity contribution in [2.75, 3.05) is 20.3 Å². The van der Waals surface area contributed by atoms with Crippen molar-refractivity contribution in [2.45, 2.75) is 32.9 Å². The topological polar surface area (TPSA) is 73.6 Å². The van der Waals surface area contributed by atoms with E-state index in [0.29, 0.717) is 13.2 Å². The fourth-order valence-electron chi connectivity index (χ4n) is 1.81. The molecule has 0 saturated heterocycles. The summed E-state index contributed by atoms with van der Waals surface area (Å²) in [6, 6.07) is 5.04. The Balaban J connectivity index is 2.82. The lowest BCUT2D eigenvalue weighted by Crippen LogP contribution is -2.19. The van der Waals surface area contributed by atoms with Gasteiger partial charge in [-0.1, -0.05) is 13.0 Å². The van der Waals surface area contributed by atoms with E-state index in [4.69, 9.17) is 9.47 Å². The van der Waals surface area contributed by atoms with Gasteiger partial charge >= 0.3 is 5.69 Å². The second kappa shape index (κ2) is 8.50. The molecule has 1 aromatic rings. The highest BCUT2D eigenvalue weighted by atomic mass is 16.6. The van der Waals surface area contributed by atoms with Gasteiger partial charge in [-0.15, -0.1) is 0 Å². The summed E-state index contributed by atoms with van der Waals surface area (Å²) >= 11 is 0. The minimum absolute atomic E-state index is 0.0104. The molecule has 0 bridgehead atoms. The van der Waals surface area contributed by atoms with Crippen LogP contribution in [0.25, 0.3) is 0 Å². The van der Waals surface area contributed by atoms with E-state index in [0.717, 1.165) is 18.5 Å². The van der Waals surface area contributed by atoms with Gasteiger partial charge in [-0.05, 0) is 31.5 Å². The van der Waals surface area contributed by atoms with Crippen molar-refractivity contribution in [3.63, 3.8) is 0 Å². The lowest BCUT2D eigenvalue weighted by atomic mass is 10.2. The van der Waals surface area contributed by atoms with Crippen LogP contribution in [0.3, 0.4) is 0 Å². The summed E-state index contributed by atoms with van der Waals surface area (Å²) in [5.41, 5.74) is 0.862. The Morgan fingerprint density at radius 3 is 2.80 bits per heavy atom. The molecule has 0 aliphatic rings. The first-order valence-corrected chi connectivity index (χ1v) is 6.72. The highest BCUT2D eigenvalue weighted by molar-refractivity contribution is 5.48. The van der Waals surface area contributed by atoms with E-state index < -0.39 is 4.92 Å². The molecule has 1 aromatic carbocycles. The first kappa shape index (κ1) is 16.4. The van der Waals surface area contributed by atoms with Gasteiger partial charge in [-0.2, -0.15) is 0 Å². The summed E-state index contributed by atoms with van der Waals surface area (Å²) in [7, 11) is 1.57. The van der Waals surface area contributed by atoms with Crippen molar-refractivity contribution in [1.82, 2.24) is 5.32 Å². The van der Waals surface area contributed by atoms with Gasteiger partial charge < -0.3 is 14.8 Å². The third-order valence-corrected chi connectivity index (χ3v) is 2.71. The fourth-order valence-corrected chi connectivity index (χ4v) is 1.81. The maximum absolute atomic E-state index is 11.1. The molecule has 0 radical (unpaired) electrons. The lowest BCUT2D eigenvalue weighted by Gasteiger charge is -2.14. The first-order valence-electron chi connectivity index (χ1n) is 6.72. The van der Waals surface area contributed by atoms with Gasteiger partial charge in [0.05, 0.1) is 11.5 Å². The van der Waals surface area contributed by atoms with Crippen LogP contribution < -0.4 is 10.1 Å². The number of nitrogens with one attached hydrogen (secondary N) is 1. The average Bonchev–Trinajstić information content (AvgIpc) is 2.40. The molecule has 1 atom stereocenters. The Morgan fingerprint density at radius 2 is 2.20 bits per heavy atom. The van der Waals surface area contributed by atoms with Crippen molar-refractivity contribution in [3.05, 3.63) is 33.9 Å². The molecular weight excluding hydrogens is 260 g/mol. The van der Waals surface area contributed by atoms with Crippen molar-refractivity contribution >= 4 is 5.69 Å². The first-order chi connectivity index (χ1) is 9.58. The molecule has 6 nitrogen and oxygen atoms in total. The van der Waals surface area contributed by atoms with Gasteiger partial charge in [-0.25, -0.2) is 0 Å². The Labute approximate surface area is 119 Å². The number of benzene rings is 1. The lowest BCUT2D eigenvalue weighted by molar-refractivity contribution is -0.386. The van der Waals surface area contributed by atoms with Crippen LogP contribution in [0.5, 0.6) is 5.75 Å². The molecule has 0 spiro atoms. The van der Waals surface area contributed by atoms with Crippen LogP contribution >= 0.6 is 0 Å². The predicted octanol–water partition coefficient (Wildman–Crippen LogP) is 2.51. The summed E-state index contributed by atoms with van der Waals surface area (Å²) < 4.78 is 10.5. The molecule has 112 valence electrons. The second-order valence-electron chi connectivity index (χ2n) is 4.62. The number of methoxy groups -OCH3 is 1. The van der Waals surface area contributed by atoms with Crippen LogP contribution in [-0.2, 0) is 11.3 Å². The minimum atomic E-state index is -0.418. The number of nitrogens with zero attached hydrogens (tertiary/aromatic N) is 1. The largest absolute Gasteiger partial charge is 0.481 e. The van der Waals surface area contributed by atoms with Crippen LogP contribution in [0, 0.1) is 10.1 Å². The van der Waals surface area contributed by atoms with Gasteiger partial charge in [0.1, 0.15) is 6.10 Å². The minimum Gasteiger partial charge on any atom is -0.481 e. The highest BCUT2D eigenvalue weighted by Gasteiger charge is 2.18. The average molecular weight is 282 g/mol. The van der Waals surface area contributed by atoms with E-state index in [9.17, 15) is 10.1 Å². The molecule has 1 unspecified atom stereocenters. The van der Waals surface area contributed by atoms with Crippen LogP contribution in [0.2, 0.25) is 0 Å². The smallest absolute Gasteiger partial charge is 0.311 e. The highest BCUT2D eigenvalue weighted by Crippen LogP contribution is 2.28. The summed E-state index contributed by atoms with van der Waals surface area (Å²) in [6.45, 7) is 5.77. The molecule has 0 amide bonds. The zero-order chi connectivity index (χ0) is 15.0. The number of ether oxygens (including phenoxy) is 2. The predicted molar refractivity (Wildman–Crippen MR) is 77.1 cm³/mol. The van der Waals surface area contributed by atoms with Crippen molar-refractivity contribution in [1.29, 1.82) is 0 Å². The zero-order valence-electron chi connectivity index (χ0n) is 12.2. The van der Waals surface area contributed by atoms with E-state index in [1.54, 1.807) is 19.2 Å². The second-order valence-corrected chi connectivity index (χ2v) is 4.62. The van der Waals surface area contributed by atoms with Crippen molar-refractivity contribution in [2.24, 2.45) is 0 Å². The number of nitro benzene ring substituents is 1. The maximum atomic E-state index is 11.1. The SMILES string of the molecule is CCCNCc1ccc(OC(C)COC)c([N+](=O)[O-])c1. The Hall–Kier alpha value is -1.66. The zero-order valence-corrected chi connectivity index (χ0v) is 12.2. The third kappa shape index (κ3) is 5.14. The third-order valence-electron chi connectivity index (χ3n) is 2.71. The normalized spacial score (nSPS) is 12.2. The summed E-state index contributed by atoms with van der Waals surface area (Å²) in [6.07, 6.45) is 0.792. The van der Waals surface area contributed by atoms with E-state index in [1.165, 1.54) is 0 Å². The van der Waals surface area contributed by atoms with Crippen molar-refractivity contribution in [3.8, 4) is 5.75 Å². The molecule has 1 N–H and O–H groups in total. The molecule has 0 aromatic heterocycles. The number of hydrogen-bond donors (Lipinski definition) is 1. The van der Waals surface area contributed by atoms with Crippen molar-refractivity contribution < 1.29 is 14.4 Å². The monoisotopic (exact) mass is 282 g/mol. The molecule has 0 aliphatic carbocycles. The molecule has 6 heteroatoms. The van der Waals surface area contributed by atoms with Crippen LogP contribution in [0.1, 0.15) is 25.8 Å². The molecular formula is C14H22N2O4. The van der Waals surface area contributed by atoms with E-state index >= 15 is 0 Å². The number of hydrogen-bond acceptors (Lipinski definition) is 5. The molecule has 1 rings (SSSR count). The standard InChI is InChI=1S/C14H22N2O4/c1-4-7-15-9-12-5-6-14(13(8-12)16(17)18)20-11(2)10-19-3/h5-6,8,11,15H,4,7,9-10H2,1-3H3. The Kier molecular flexibility index (Phi) is 6.97. The van der Waals surface area contributed by atoms with Crippen LogP contribution in [-0.4, -0.2) is 31.3 Å². The van der Waals surface area contributed by atoms with E-state index in [-0.39, 0.29) is 17.5 Å². The van der Waals surface area contributed by atoms with Crippen LogP contribution in [0.15, 0.2) is 18.2 Å².